The fraction of sp³-hybridized carbons (Fsp3) is 0.741. The van der Waals surface area contributed by atoms with Crippen LogP contribution in [0.2, 0.25) is 0 Å². The van der Waals surface area contributed by atoms with E-state index in [4.69, 9.17) is 14.2 Å². The van der Waals surface area contributed by atoms with E-state index in [0.717, 1.165) is 0 Å². The molecule has 5 fully saturated rings. The largest absolute Gasteiger partial charge is 0.445 e. The minimum Gasteiger partial charge on any atom is -0.445 e. The number of ether oxygens (including phenoxy) is 3. The lowest BCUT2D eigenvalue weighted by Crippen LogP contribution is -2.73. The Bertz CT molecular complexity index is 1240. The second-order valence-electron chi connectivity index (χ2n) is 12.6. The molecule has 3 saturated carbocycles. The highest BCUT2D eigenvalue weighted by molar-refractivity contribution is 6.01. The van der Waals surface area contributed by atoms with E-state index in [1.165, 1.54) is 6.08 Å². The molecule has 0 aromatic carbocycles. The van der Waals surface area contributed by atoms with Gasteiger partial charge in [0.05, 0.1) is 24.4 Å². The number of esters is 3. The van der Waals surface area contributed by atoms with Gasteiger partial charge in [-0.2, -0.15) is 0 Å². The molecule has 6 aliphatic rings. The molecule has 3 unspecified atom stereocenters. The Balaban J connectivity index is 1.53. The van der Waals surface area contributed by atoms with Crippen molar-refractivity contribution < 1.29 is 58.6 Å². The number of ketones is 2. The van der Waals surface area contributed by atoms with Crippen molar-refractivity contribution in [3.63, 3.8) is 0 Å². The first-order valence-corrected chi connectivity index (χ1v) is 13.3. The molecule has 2 heterocycles. The molecule has 0 aromatic heterocycles. The molecule has 0 amide bonds. The van der Waals surface area contributed by atoms with Crippen molar-refractivity contribution >= 4 is 29.5 Å². The van der Waals surface area contributed by atoms with Gasteiger partial charge in [-0.05, 0) is 56.9 Å². The maximum Gasteiger partial charge on any atom is 0.342 e. The van der Waals surface area contributed by atoms with E-state index in [1.807, 2.05) is 0 Å². The second kappa shape index (κ2) is 7.96. The zero-order valence-corrected chi connectivity index (χ0v) is 21.7. The minimum absolute atomic E-state index is 0.0652. The summed E-state index contributed by atoms with van der Waals surface area (Å²) >= 11 is 0. The van der Waals surface area contributed by atoms with Crippen molar-refractivity contribution in [2.75, 3.05) is 6.61 Å². The van der Waals surface area contributed by atoms with Gasteiger partial charge >= 0.3 is 23.7 Å². The maximum atomic E-state index is 13.3. The Morgan fingerprint density at radius 2 is 1.74 bits per heavy atom. The highest BCUT2D eigenvalue weighted by Crippen LogP contribution is 2.70. The first-order valence-electron chi connectivity index (χ1n) is 13.3. The van der Waals surface area contributed by atoms with Gasteiger partial charge in [0.15, 0.2) is 11.4 Å². The van der Waals surface area contributed by atoms with Crippen LogP contribution in [0.3, 0.4) is 0 Å². The summed E-state index contributed by atoms with van der Waals surface area (Å²) in [5.74, 6) is -8.94. The van der Waals surface area contributed by atoms with E-state index >= 15 is 0 Å². The number of fused-ring (bicyclic) bond motifs is 7. The van der Waals surface area contributed by atoms with Crippen molar-refractivity contribution in [2.24, 2.45) is 28.6 Å². The Morgan fingerprint density at radius 3 is 2.44 bits per heavy atom. The average Bonchev–Trinajstić information content (AvgIpc) is 3.08. The predicted molar refractivity (Wildman–Crippen MR) is 125 cm³/mol. The summed E-state index contributed by atoms with van der Waals surface area (Å²) in [5, 5.41) is 43.8. The smallest absolute Gasteiger partial charge is 0.342 e. The average molecular weight is 549 g/mol. The van der Waals surface area contributed by atoms with Gasteiger partial charge in [-0.25, -0.2) is 4.79 Å². The number of rotatable bonds is 2. The molecule has 4 aliphatic carbocycles. The van der Waals surface area contributed by atoms with Gasteiger partial charge in [0.2, 0.25) is 11.9 Å². The van der Waals surface area contributed by atoms with Crippen LogP contribution in [0, 0.1) is 28.6 Å². The molecule has 4 N–H and O–H groups in total. The van der Waals surface area contributed by atoms with E-state index in [0.29, 0.717) is 18.4 Å². The molecule has 1 spiro atoms. The highest BCUT2D eigenvalue weighted by Gasteiger charge is 2.78. The first-order chi connectivity index (χ1) is 18.2. The van der Waals surface area contributed by atoms with Crippen molar-refractivity contribution in [1.29, 1.82) is 0 Å². The quantitative estimate of drug-likeness (QED) is 0.315. The third kappa shape index (κ3) is 3.06. The van der Waals surface area contributed by atoms with E-state index in [9.17, 15) is 44.4 Å². The summed E-state index contributed by atoms with van der Waals surface area (Å²) in [6, 6.07) is 0. The van der Waals surface area contributed by atoms with Crippen LogP contribution in [-0.4, -0.2) is 85.7 Å². The molecule has 2 bridgehead atoms. The lowest BCUT2D eigenvalue weighted by atomic mass is 9.43. The molecule has 12 nitrogen and oxygen atoms in total. The number of carbonyl (C=O) groups excluding carboxylic acids is 5. The molecular weight excluding hydrogens is 516 g/mol. The topological polar surface area (TPSA) is 194 Å². The van der Waals surface area contributed by atoms with Crippen molar-refractivity contribution in [3.8, 4) is 0 Å². The number of aliphatic hydroxyl groups excluding tert-OH is 2. The molecule has 212 valence electrons. The third-order valence-electron chi connectivity index (χ3n) is 10.9. The zero-order valence-electron chi connectivity index (χ0n) is 21.7. The van der Waals surface area contributed by atoms with Crippen LogP contribution < -0.4 is 0 Å². The molecule has 6 rings (SSSR count). The number of hydrogen-bond donors (Lipinski definition) is 4. The molecular formula is C27H32O12. The minimum atomic E-state index is -2.55. The number of hydrogen-bond acceptors (Lipinski definition) is 12. The lowest BCUT2D eigenvalue weighted by molar-refractivity contribution is -0.324. The monoisotopic (exact) mass is 548 g/mol. The number of Topliss-reactive ketones (excluding diaryl/α,β-unsaturated/α-hetero) is 1. The normalized spacial score (nSPS) is 50.5. The molecule has 0 radical (unpaired) electrons. The van der Waals surface area contributed by atoms with Crippen molar-refractivity contribution in [1.82, 2.24) is 0 Å². The molecule has 39 heavy (non-hydrogen) atoms. The van der Waals surface area contributed by atoms with E-state index in [1.54, 1.807) is 13.8 Å². The fourth-order valence-corrected chi connectivity index (χ4v) is 9.11. The van der Waals surface area contributed by atoms with Gasteiger partial charge in [0.1, 0.15) is 12.2 Å². The van der Waals surface area contributed by atoms with Gasteiger partial charge < -0.3 is 34.6 Å². The number of aliphatic hydroxyl groups is 4. The lowest BCUT2D eigenvalue weighted by Gasteiger charge is -2.64. The molecule has 2 aliphatic heterocycles. The molecule has 2 saturated heterocycles. The van der Waals surface area contributed by atoms with E-state index < -0.39 is 101 Å². The van der Waals surface area contributed by atoms with Gasteiger partial charge in [-0.3, -0.25) is 19.2 Å². The van der Waals surface area contributed by atoms with Crippen LogP contribution in [0.5, 0.6) is 0 Å². The van der Waals surface area contributed by atoms with Gasteiger partial charge in [0, 0.05) is 11.3 Å². The Kier molecular flexibility index (Phi) is 5.42. The predicted octanol–water partition coefficient (Wildman–Crippen LogP) is -0.766. The second-order valence-corrected chi connectivity index (χ2v) is 12.6. The van der Waals surface area contributed by atoms with E-state index in [-0.39, 0.29) is 25.2 Å². The van der Waals surface area contributed by atoms with Gasteiger partial charge in [-0.15, -0.1) is 0 Å². The standard InChI is InChI=1S/C27H32O12/c1-23-8-16(30)20-13(14(23)5-6-26(23,36)17(31)11-28)4-3-12-7-15(29)21-27(24(12,20)2)38-19(33)10-25(35,22(34)39-27)9-18(32)37-21/h7,13-14,16,20-21,28,30,35-36H,3-6,8-11H2,1-2H3/t13-,14-,16-,20+,21?,23-,24-,25?,26-,27?/m0/s1. The SMILES string of the molecule is C[C@@]12C(=CC(=O)C3OC(=O)CC4(O)CC(=O)OC31OC4=O)CC[C@@H]1[C@@H]2[C@@H](O)C[C@@]2(C)[C@H]1CC[C@]2(O)C(=O)CO. The molecule has 0 aromatic rings. The first kappa shape index (κ1) is 26.5. The summed E-state index contributed by atoms with van der Waals surface area (Å²) in [4.78, 5) is 65.2. The van der Waals surface area contributed by atoms with Crippen LogP contribution in [-0.2, 0) is 38.2 Å². The maximum absolute atomic E-state index is 13.3. The Labute approximate surface area is 223 Å². The summed E-state index contributed by atoms with van der Waals surface area (Å²) in [5.41, 5.74) is -6.61. The zero-order chi connectivity index (χ0) is 28.3. The highest BCUT2D eigenvalue weighted by atomic mass is 16.8. The van der Waals surface area contributed by atoms with Crippen molar-refractivity contribution in [3.05, 3.63) is 11.6 Å². The van der Waals surface area contributed by atoms with Gasteiger partial charge in [-0.1, -0.05) is 12.5 Å². The number of carbonyl (C=O) groups is 5. The van der Waals surface area contributed by atoms with E-state index in [2.05, 4.69) is 0 Å². The molecule has 12 heteroatoms. The van der Waals surface area contributed by atoms with Crippen LogP contribution in [0.1, 0.15) is 58.8 Å². The summed E-state index contributed by atoms with van der Waals surface area (Å²) < 4.78 is 17.0. The molecule has 10 atom stereocenters. The summed E-state index contributed by atoms with van der Waals surface area (Å²) in [6.07, 6.45) is -2.44. The van der Waals surface area contributed by atoms with Gasteiger partial charge in [0.25, 0.3) is 0 Å². The van der Waals surface area contributed by atoms with Crippen LogP contribution in [0.4, 0.5) is 0 Å². The Morgan fingerprint density at radius 1 is 1.05 bits per heavy atom. The Hall–Kier alpha value is -2.67. The summed E-state index contributed by atoms with van der Waals surface area (Å²) in [6.45, 7) is 2.47. The van der Waals surface area contributed by atoms with Crippen LogP contribution >= 0.6 is 0 Å². The summed E-state index contributed by atoms with van der Waals surface area (Å²) in [7, 11) is 0. The van der Waals surface area contributed by atoms with Crippen LogP contribution in [0.25, 0.3) is 0 Å². The van der Waals surface area contributed by atoms with Crippen LogP contribution in [0.15, 0.2) is 11.6 Å². The van der Waals surface area contributed by atoms with Crippen molar-refractivity contribution in [2.45, 2.75) is 88.0 Å². The third-order valence-corrected chi connectivity index (χ3v) is 10.9. The fourth-order valence-electron chi connectivity index (χ4n) is 9.11.